The second-order valence-electron chi connectivity index (χ2n) is 3.85. The smallest absolute Gasteiger partial charge is 0.416 e. The number of carbonyl (C=O) groups excluding carboxylic acids is 1. The van der Waals surface area contributed by atoms with Crippen molar-refractivity contribution < 1.29 is 27.9 Å². The largest absolute Gasteiger partial charge is 0.480 e. The Morgan fingerprint density at radius 2 is 1.95 bits per heavy atom. The van der Waals surface area contributed by atoms with Crippen molar-refractivity contribution in [2.45, 2.75) is 19.1 Å². The average molecular weight is 311 g/mol. The Kier molecular flexibility index (Phi) is 4.83. The van der Waals surface area contributed by atoms with E-state index in [-0.39, 0.29) is 10.7 Å². The summed E-state index contributed by atoms with van der Waals surface area (Å²) in [4.78, 5) is 21.9. The van der Waals surface area contributed by atoms with Crippen LogP contribution in [0.1, 0.15) is 12.5 Å². The minimum atomic E-state index is -4.54. The average Bonchev–Trinajstić information content (AvgIpc) is 2.30. The number of carbonyl (C=O) groups is 2. The molecular formula is C11H10ClF3N2O3. The van der Waals surface area contributed by atoms with E-state index in [1.807, 2.05) is 0 Å². The Morgan fingerprint density at radius 3 is 2.40 bits per heavy atom. The van der Waals surface area contributed by atoms with Gasteiger partial charge in [-0.1, -0.05) is 11.6 Å². The zero-order valence-electron chi connectivity index (χ0n) is 10.1. The highest BCUT2D eigenvalue weighted by molar-refractivity contribution is 6.33. The quantitative estimate of drug-likeness (QED) is 0.803. The van der Waals surface area contributed by atoms with Gasteiger partial charge < -0.3 is 15.7 Å². The number of hydrogen-bond donors (Lipinski definition) is 3. The minimum absolute atomic E-state index is 0.0604. The first kappa shape index (κ1) is 16.1. The third-order valence-corrected chi connectivity index (χ3v) is 2.58. The molecule has 0 radical (unpaired) electrons. The highest BCUT2D eigenvalue weighted by Crippen LogP contribution is 2.33. The molecule has 0 spiro atoms. The molecule has 0 aromatic heterocycles. The molecule has 5 nitrogen and oxygen atoms in total. The maximum absolute atomic E-state index is 12.4. The highest BCUT2D eigenvalue weighted by atomic mass is 35.5. The van der Waals surface area contributed by atoms with Gasteiger partial charge in [0.15, 0.2) is 0 Å². The van der Waals surface area contributed by atoms with Crippen LogP contribution in [0.2, 0.25) is 5.02 Å². The van der Waals surface area contributed by atoms with Gasteiger partial charge in [0, 0.05) is 0 Å². The van der Waals surface area contributed by atoms with Crippen LogP contribution in [0.4, 0.5) is 23.7 Å². The number of nitrogens with one attached hydrogen (secondary N) is 2. The maximum Gasteiger partial charge on any atom is 0.416 e. The number of urea groups is 1. The van der Waals surface area contributed by atoms with Crippen molar-refractivity contribution in [2.24, 2.45) is 0 Å². The molecule has 3 N–H and O–H groups in total. The summed E-state index contributed by atoms with van der Waals surface area (Å²) >= 11 is 5.62. The van der Waals surface area contributed by atoms with Crippen molar-refractivity contribution in [1.82, 2.24) is 5.32 Å². The lowest BCUT2D eigenvalue weighted by molar-refractivity contribution is -0.139. The third kappa shape index (κ3) is 4.30. The molecule has 1 aromatic carbocycles. The number of hydrogen-bond acceptors (Lipinski definition) is 2. The lowest BCUT2D eigenvalue weighted by Crippen LogP contribution is -2.40. The number of carboxylic acid groups (broad SMARTS) is 1. The Hall–Kier alpha value is -1.96. The van der Waals surface area contributed by atoms with Gasteiger partial charge in [0.2, 0.25) is 0 Å². The molecule has 0 saturated carbocycles. The molecule has 20 heavy (non-hydrogen) atoms. The lowest BCUT2D eigenvalue weighted by atomic mass is 10.2. The number of halogens is 4. The molecule has 0 heterocycles. The summed E-state index contributed by atoms with van der Waals surface area (Å²) in [5.74, 6) is -1.25. The Bertz CT molecular complexity index is 534. The van der Waals surface area contributed by atoms with E-state index in [2.05, 4.69) is 10.6 Å². The Balaban J connectivity index is 2.79. The molecule has 0 bridgehead atoms. The number of benzene rings is 1. The van der Waals surface area contributed by atoms with Gasteiger partial charge in [-0.2, -0.15) is 13.2 Å². The zero-order chi connectivity index (χ0) is 15.5. The van der Waals surface area contributed by atoms with Crippen molar-refractivity contribution in [1.29, 1.82) is 0 Å². The van der Waals surface area contributed by atoms with Crippen molar-refractivity contribution in [3.8, 4) is 0 Å². The van der Waals surface area contributed by atoms with Crippen molar-refractivity contribution in [3.05, 3.63) is 28.8 Å². The molecular weight excluding hydrogens is 301 g/mol. The number of aliphatic carboxylic acids is 1. The van der Waals surface area contributed by atoms with Gasteiger partial charge in [-0.25, -0.2) is 4.79 Å². The normalized spacial score (nSPS) is 12.7. The number of alkyl halides is 3. The Morgan fingerprint density at radius 1 is 1.35 bits per heavy atom. The first-order valence-electron chi connectivity index (χ1n) is 5.28. The second-order valence-corrected chi connectivity index (χ2v) is 4.26. The molecule has 0 aliphatic carbocycles. The first-order valence-corrected chi connectivity index (χ1v) is 5.66. The summed E-state index contributed by atoms with van der Waals surface area (Å²) in [5, 5.41) is 12.5. The SMILES string of the molecule is C[C@H](NC(=O)Nc1ccc(C(F)(F)F)cc1Cl)C(=O)O. The fourth-order valence-corrected chi connectivity index (χ4v) is 1.44. The van der Waals surface area contributed by atoms with Crippen LogP contribution in [0.5, 0.6) is 0 Å². The van der Waals surface area contributed by atoms with Gasteiger partial charge in [-0.15, -0.1) is 0 Å². The monoisotopic (exact) mass is 310 g/mol. The molecule has 110 valence electrons. The van der Waals surface area contributed by atoms with E-state index in [9.17, 15) is 22.8 Å². The molecule has 2 amide bonds. The van der Waals surface area contributed by atoms with E-state index in [1.165, 1.54) is 6.92 Å². The van der Waals surface area contributed by atoms with Gasteiger partial charge >= 0.3 is 18.2 Å². The molecule has 0 aliphatic heterocycles. The van der Waals surface area contributed by atoms with Crippen LogP contribution in [0.25, 0.3) is 0 Å². The maximum atomic E-state index is 12.4. The molecule has 0 aliphatic rings. The van der Waals surface area contributed by atoms with E-state index in [4.69, 9.17) is 16.7 Å². The van der Waals surface area contributed by atoms with E-state index in [0.717, 1.165) is 12.1 Å². The first-order chi connectivity index (χ1) is 9.11. The van der Waals surface area contributed by atoms with Crippen LogP contribution in [-0.2, 0) is 11.0 Å². The summed E-state index contributed by atoms with van der Waals surface area (Å²) < 4.78 is 37.2. The minimum Gasteiger partial charge on any atom is -0.480 e. The molecule has 0 saturated heterocycles. The zero-order valence-corrected chi connectivity index (χ0v) is 10.8. The highest BCUT2D eigenvalue weighted by Gasteiger charge is 2.31. The van der Waals surface area contributed by atoms with Crippen LogP contribution in [0, 0.1) is 0 Å². The molecule has 0 fully saturated rings. The van der Waals surface area contributed by atoms with Crippen LogP contribution in [-0.4, -0.2) is 23.1 Å². The van der Waals surface area contributed by atoms with Gasteiger partial charge in [0.1, 0.15) is 6.04 Å². The van der Waals surface area contributed by atoms with Crippen LogP contribution in [0.3, 0.4) is 0 Å². The van der Waals surface area contributed by atoms with Gasteiger partial charge in [0.25, 0.3) is 0 Å². The summed E-state index contributed by atoms with van der Waals surface area (Å²) in [7, 11) is 0. The van der Waals surface area contributed by atoms with Crippen molar-refractivity contribution in [3.63, 3.8) is 0 Å². The van der Waals surface area contributed by atoms with Crippen molar-refractivity contribution >= 4 is 29.3 Å². The number of anilines is 1. The fourth-order valence-electron chi connectivity index (χ4n) is 1.21. The van der Waals surface area contributed by atoms with Gasteiger partial charge in [0.05, 0.1) is 16.3 Å². The standard InChI is InChI=1S/C11H10ClF3N2O3/c1-5(9(18)19)16-10(20)17-8-3-2-6(4-7(8)12)11(13,14)15/h2-5H,1H3,(H,18,19)(H2,16,17,20)/t5-/m0/s1. The molecule has 1 atom stereocenters. The molecule has 1 rings (SSSR count). The Labute approximate surface area is 116 Å². The van der Waals surface area contributed by atoms with E-state index < -0.39 is 29.8 Å². The topological polar surface area (TPSA) is 78.4 Å². The summed E-state index contributed by atoms with van der Waals surface area (Å²) in [6, 6.07) is 0.362. The summed E-state index contributed by atoms with van der Waals surface area (Å²) in [5.41, 5.74) is -1.01. The number of rotatable bonds is 3. The second kappa shape index (κ2) is 6.00. The number of amides is 2. The molecule has 0 unspecified atom stereocenters. The third-order valence-electron chi connectivity index (χ3n) is 2.26. The van der Waals surface area contributed by atoms with Crippen molar-refractivity contribution in [2.75, 3.05) is 5.32 Å². The summed E-state index contributed by atoms with van der Waals surface area (Å²) in [6.45, 7) is 1.23. The number of carboxylic acids is 1. The predicted molar refractivity (Wildman–Crippen MR) is 65.7 cm³/mol. The molecule has 9 heteroatoms. The van der Waals surface area contributed by atoms with Crippen LogP contribution < -0.4 is 10.6 Å². The van der Waals surface area contributed by atoms with E-state index in [0.29, 0.717) is 6.07 Å². The van der Waals surface area contributed by atoms with Crippen LogP contribution >= 0.6 is 11.6 Å². The lowest BCUT2D eigenvalue weighted by Gasteiger charge is -2.13. The van der Waals surface area contributed by atoms with E-state index >= 15 is 0 Å². The molecule has 1 aromatic rings. The van der Waals surface area contributed by atoms with E-state index in [1.54, 1.807) is 0 Å². The summed E-state index contributed by atoms with van der Waals surface area (Å²) in [6.07, 6.45) is -4.54. The fraction of sp³-hybridized carbons (Fsp3) is 0.273. The van der Waals surface area contributed by atoms with Crippen LogP contribution in [0.15, 0.2) is 18.2 Å². The predicted octanol–water partition coefficient (Wildman–Crippen LogP) is 2.95. The van der Waals surface area contributed by atoms with Gasteiger partial charge in [-0.3, -0.25) is 4.79 Å². The van der Waals surface area contributed by atoms with Gasteiger partial charge in [-0.05, 0) is 25.1 Å².